The van der Waals surface area contributed by atoms with Gasteiger partial charge in [0, 0.05) is 42.5 Å². The fraction of sp³-hybridized carbons (Fsp3) is 0.423. The van der Waals surface area contributed by atoms with Gasteiger partial charge in [-0.05, 0) is 62.9 Å². The Morgan fingerprint density at radius 3 is 2.37 bits per heavy atom. The topological polar surface area (TPSA) is 117 Å². The van der Waals surface area contributed by atoms with Gasteiger partial charge in [0.2, 0.25) is 0 Å². The highest BCUT2D eigenvalue weighted by molar-refractivity contribution is 6.12. The van der Waals surface area contributed by atoms with Crippen LogP contribution < -0.4 is 16.6 Å². The summed E-state index contributed by atoms with van der Waals surface area (Å²) in [6, 6.07) is 8.33. The SMILES string of the molecule is CCN(CC)C(=O)c1ccc(NC(=O)c2cc(C3CC3)nc3c2c(=O)[nH]c(=O)n3CC(C)C)cc1. The average Bonchev–Trinajstić information content (AvgIpc) is 3.67. The van der Waals surface area contributed by atoms with Gasteiger partial charge in [-0.2, -0.15) is 0 Å². The maximum Gasteiger partial charge on any atom is 0.330 e. The molecular formula is C26H31N5O4. The number of hydrogen-bond acceptors (Lipinski definition) is 5. The van der Waals surface area contributed by atoms with E-state index in [1.165, 1.54) is 4.57 Å². The number of fused-ring (bicyclic) bond motifs is 1. The second-order valence-corrected chi connectivity index (χ2v) is 9.34. The number of H-pyrrole nitrogens is 1. The molecule has 9 nitrogen and oxygen atoms in total. The summed E-state index contributed by atoms with van der Waals surface area (Å²) in [7, 11) is 0. The highest BCUT2D eigenvalue weighted by Crippen LogP contribution is 2.40. The van der Waals surface area contributed by atoms with Gasteiger partial charge in [0.05, 0.1) is 10.9 Å². The third kappa shape index (κ3) is 5.03. The van der Waals surface area contributed by atoms with E-state index in [1.54, 1.807) is 35.2 Å². The van der Waals surface area contributed by atoms with Crippen LogP contribution in [-0.4, -0.2) is 44.3 Å². The first-order valence-corrected chi connectivity index (χ1v) is 12.1. The van der Waals surface area contributed by atoms with Gasteiger partial charge in [0.15, 0.2) is 5.65 Å². The Bertz CT molecular complexity index is 1380. The second kappa shape index (κ2) is 9.85. The van der Waals surface area contributed by atoms with Gasteiger partial charge in [-0.1, -0.05) is 13.8 Å². The summed E-state index contributed by atoms with van der Waals surface area (Å²) >= 11 is 0. The van der Waals surface area contributed by atoms with Crippen molar-refractivity contribution in [3.8, 4) is 0 Å². The molecule has 1 aliphatic rings. The Balaban J connectivity index is 1.72. The standard InChI is InChI=1S/C26H31N5O4/c1-5-30(6-2)25(34)17-9-11-18(12-10-17)27-23(32)19-13-20(16-7-8-16)28-22-21(19)24(33)29-26(35)31(22)14-15(3)4/h9-13,15-16H,5-8,14H2,1-4H3,(H,27,32)(H,29,33,35). The number of nitrogens with one attached hydrogen (secondary N) is 2. The van der Waals surface area contributed by atoms with E-state index in [0.29, 0.717) is 36.6 Å². The molecule has 0 unspecified atom stereocenters. The summed E-state index contributed by atoms with van der Waals surface area (Å²) in [5, 5.41) is 2.93. The van der Waals surface area contributed by atoms with Gasteiger partial charge in [-0.15, -0.1) is 0 Å². The fourth-order valence-corrected chi connectivity index (χ4v) is 4.18. The normalized spacial score (nSPS) is 13.3. The molecule has 2 N–H and O–H groups in total. The molecule has 2 heterocycles. The summed E-state index contributed by atoms with van der Waals surface area (Å²) in [5.41, 5.74) is 0.996. The number of pyridine rings is 1. The Morgan fingerprint density at radius 2 is 1.80 bits per heavy atom. The molecule has 0 aliphatic heterocycles. The lowest BCUT2D eigenvalue weighted by atomic mass is 10.1. The minimum absolute atomic E-state index is 0.0725. The Morgan fingerprint density at radius 1 is 1.14 bits per heavy atom. The molecule has 0 radical (unpaired) electrons. The van der Waals surface area contributed by atoms with Crippen LogP contribution in [0.3, 0.4) is 0 Å². The molecule has 9 heteroatoms. The quantitative estimate of drug-likeness (QED) is 0.516. The zero-order chi connectivity index (χ0) is 25.3. The smallest absolute Gasteiger partial charge is 0.330 e. The minimum Gasteiger partial charge on any atom is -0.339 e. The summed E-state index contributed by atoms with van der Waals surface area (Å²) < 4.78 is 1.44. The van der Waals surface area contributed by atoms with E-state index in [0.717, 1.165) is 12.8 Å². The predicted octanol–water partition coefficient (Wildman–Crippen LogP) is 3.35. The number of nitrogens with zero attached hydrogens (tertiary/aromatic N) is 3. The van der Waals surface area contributed by atoms with E-state index < -0.39 is 17.2 Å². The largest absolute Gasteiger partial charge is 0.339 e. The van der Waals surface area contributed by atoms with Crippen LogP contribution in [0.4, 0.5) is 5.69 Å². The molecule has 3 aromatic rings. The third-order valence-electron chi connectivity index (χ3n) is 6.20. The number of benzene rings is 1. The van der Waals surface area contributed by atoms with Crippen molar-refractivity contribution >= 4 is 28.5 Å². The first-order chi connectivity index (χ1) is 16.7. The lowest BCUT2D eigenvalue weighted by Crippen LogP contribution is -2.33. The number of rotatable bonds is 8. The number of hydrogen-bond donors (Lipinski definition) is 2. The molecule has 1 aromatic carbocycles. The minimum atomic E-state index is -0.634. The molecule has 0 spiro atoms. The molecule has 0 atom stereocenters. The Kier molecular flexibility index (Phi) is 6.86. The highest BCUT2D eigenvalue weighted by atomic mass is 16.2. The van der Waals surface area contributed by atoms with Gasteiger partial charge in [0.1, 0.15) is 0 Å². The number of carbonyl (C=O) groups is 2. The molecule has 2 aromatic heterocycles. The molecule has 0 bridgehead atoms. The van der Waals surface area contributed by atoms with E-state index in [9.17, 15) is 19.2 Å². The van der Waals surface area contributed by atoms with E-state index in [2.05, 4.69) is 15.3 Å². The molecule has 1 fully saturated rings. The van der Waals surface area contributed by atoms with Crippen LogP contribution in [-0.2, 0) is 6.54 Å². The van der Waals surface area contributed by atoms with Crippen LogP contribution in [0.5, 0.6) is 0 Å². The number of anilines is 1. The van der Waals surface area contributed by atoms with Crippen molar-refractivity contribution < 1.29 is 9.59 Å². The highest BCUT2D eigenvalue weighted by Gasteiger charge is 2.29. The monoisotopic (exact) mass is 477 g/mol. The van der Waals surface area contributed by atoms with Crippen LogP contribution in [0.25, 0.3) is 11.0 Å². The Labute approximate surface area is 203 Å². The third-order valence-corrected chi connectivity index (χ3v) is 6.20. The van der Waals surface area contributed by atoms with Crippen molar-refractivity contribution in [2.75, 3.05) is 18.4 Å². The fourth-order valence-electron chi connectivity index (χ4n) is 4.18. The first-order valence-electron chi connectivity index (χ1n) is 12.1. The summed E-state index contributed by atoms with van der Waals surface area (Å²) in [4.78, 5) is 60.0. The van der Waals surface area contributed by atoms with Crippen LogP contribution in [0.15, 0.2) is 39.9 Å². The average molecular weight is 478 g/mol. The maximum atomic E-state index is 13.4. The van der Waals surface area contributed by atoms with Crippen molar-refractivity contribution in [2.45, 2.75) is 53.0 Å². The summed E-state index contributed by atoms with van der Waals surface area (Å²) in [5.74, 6) is -0.180. The number of amides is 2. The number of aromatic nitrogens is 3. The first kappa shape index (κ1) is 24.4. The molecule has 184 valence electrons. The number of aromatic amines is 1. The molecule has 4 rings (SSSR count). The summed E-state index contributed by atoms with van der Waals surface area (Å²) in [6.07, 6.45) is 1.92. The van der Waals surface area contributed by atoms with E-state index in [-0.39, 0.29) is 34.3 Å². The Hall–Kier alpha value is -3.75. The molecule has 35 heavy (non-hydrogen) atoms. The zero-order valence-corrected chi connectivity index (χ0v) is 20.6. The van der Waals surface area contributed by atoms with Gasteiger partial charge < -0.3 is 10.2 Å². The van der Waals surface area contributed by atoms with Crippen LogP contribution in [0, 0.1) is 5.92 Å². The van der Waals surface area contributed by atoms with Crippen molar-refractivity contribution in [1.29, 1.82) is 0 Å². The lowest BCUT2D eigenvalue weighted by Gasteiger charge is -2.18. The maximum absolute atomic E-state index is 13.4. The van der Waals surface area contributed by atoms with Crippen LogP contribution in [0.2, 0.25) is 0 Å². The van der Waals surface area contributed by atoms with Gasteiger partial charge in [0.25, 0.3) is 17.4 Å². The molecule has 0 saturated heterocycles. The van der Waals surface area contributed by atoms with Crippen molar-refractivity contribution in [3.05, 3.63) is 68.0 Å². The van der Waals surface area contributed by atoms with Gasteiger partial charge in [-0.3, -0.25) is 23.9 Å². The van der Waals surface area contributed by atoms with E-state index >= 15 is 0 Å². The van der Waals surface area contributed by atoms with Crippen molar-refractivity contribution in [3.63, 3.8) is 0 Å². The predicted molar refractivity (Wildman–Crippen MR) is 135 cm³/mol. The number of carbonyl (C=O) groups excluding carboxylic acids is 2. The van der Waals surface area contributed by atoms with Crippen LogP contribution in [0.1, 0.15) is 72.9 Å². The van der Waals surface area contributed by atoms with Crippen LogP contribution >= 0.6 is 0 Å². The van der Waals surface area contributed by atoms with E-state index in [1.807, 2.05) is 27.7 Å². The molecule has 1 saturated carbocycles. The summed E-state index contributed by atoms with van der Waals surface area (Å²) in [6.45, 7) is 9.38. The van der Waals surface area contributed by atoms with Crippen molar-refractivity contribution in [2.24, 2.45) is 5.92 Å². The van der Waals surface area contributed by atoms with Gasteiger partial charge >= 0.3 is 5.69 Å². The van der Waals surface area contributed by atoms with Gasteiger partial charge in [-0.25, -0.2) is 9.78 Å². The zero-order valence-electron chi connectivity index (χ0n) is 20.6. The lowest BCUT2D eigenvalue weighted by molar-refractivity contribution is 0.0773. The molecule has 2 amide bonds. The van der Waals surface area contributed by atoms with E-state index in [4.69, 9.17) is 0 Å². The second-order valence-electron chi connectivity index (χ2n) is 9.34. The molecular weight excluding hydrogens is 446 g/mol. The molecule has 1 aliphatic carbocycles. The van der Waals surface area contributed by atoms with Crippen molar-refractivity contribution in [1.82, 2.24) is 19.4 Å².